The number of hydrogen-bond donors (Lipinski definition) is 0. The van der Waals surface area contributed by atoms with Crippen molar-refractivity contribution < 1.29 is 9.47 Å². The van der Waals surface area contributed by atoms with Gasteiger partial charge in [-0.2, -0.15) is 0 Å². The molecule has 1 aliphatic rings. The van der Waals surface area contributed by atoms with Crippen LogP contribution in [0.5, 0.6) is 0 Å². The Morgan fingerprint density at radius 1 is 1.04 bits per heavy atom. The van der Waals surface area contributed by atoms with Crippen molar-refractivity contribution >= 4 is 6.21 Å². The van der Waals surface area contributed by atoms with Crippen LogP contribution in [-0.4, -0.2) is 25.5 Å². The maximum Gasteiger partial charge on any atom is 0.223 e. The standard InChI is InChI=1S/C20H21NO2/c1-2-3-14-21-15-19-16-22-20(23-19,17-10-6-4-7-11-17)18-12-8-5-9-13-18/h2,4-13,15,19H,1,3,14,16H2/t19-/m0/s1. The molecule has 0 aromatic heterocycles. The quantitative estimate of drug-likeness (QED) is 0.459. The summed E-state index contributed by atoms with van der Waals surface area (Å²) in [6, 6.07) is 20.1. The molecule has 0 radical (unpaired) electrons. The summed E-state index contributed by atoms with van der Waals surface area (Å²) in [6.45, 7) is 4.92. The van der Waals surface area contributed by atoms with Gasteiger partial charge in [-0.25, -0.2) is 0 Å². The van der Waals surface area contributed by atoms with E-state index in [2.05, 4.69) is 11.6 Å². The zero-order chi connectivity index (χ0) is 16.0. The van der Waals surface area contributed by atoms with Crippen LogP contribution in [-0.2, 0) is 15.3 Å². The highest BCUT2D eigenvalue weighted by Crippen LogP contribution is 2.39. The summed E-state index contributed by atoms with van der Waals surface area (Å²) in [4.78, 5) is 4.39. The van der Waals surface area contributed by atoms with Crippen molar-refractivity contribution in [1.82, 2.24) is 0 Å². The van der Waals surface area contributed by atoms with Crippen LogP contribution < -0.4 is 0 Å². The normalized spacial score (nSPS) is 19.9. The molecular weight excluding hydrogens is 286 g/mol. The minimum atomic E-state index is -0.863. The van der Waals surface area contributed by atoms with E-state index in [0.29, 0.717) is 6.61 Å². The van der Waals surface area contributed by atoms with Crippen molar-refractivity contribution in [1.29, 1.82) is 0 Å². The van der Waals surface area contributed by atoms with E-state index in [-0.39, 0.29) is 6.10 Å². The minimum absolute atomic E-state index is 0.153. The molecule has 0 amide bonds. The highest BCUT2D eigenvalue weighted by molar-refractivity contribution is 5.64. The van der Waals surface area contributed by atoms with Crippen molar-refractivity contribution in [2.45, 2.75) is 18.3 Å². The highest BCUT2D eigenvalue weighted by atomic mass is 16.7. The molecule has 0 bridgehead atoms. The third-order valence-electron chi connectivity index (χ3n) is 3.81. The molecule has 0 unspecified atom stereocenters. The van der Waals surface area contributed by atoms with Crippen molar-refractivity contribution in [3.8, 4) is 0 Å². The minimum Gasteiger partial charge on any atom is -0.339 e. The van der Waals surface area contributed by atoms with Crippen LogP contribution in [0, 0.1) is 0 Å². The number of ether oxygens (including phenoxy) is 2. The van der Waals surface area contributed by atoms with E-state index in [1.165, 1.54) is 0 Å². The molecule has 23 heavy (non-hydrogen) atoms. The lowest BCUT2D eigenvalue weighted by Crippen LogP contribution is -2.29. The van der Waals surface area contributed by atoms with Crippen molar-refractivity contribution in [3.05, 3.63) is 84.4 Å². The lowest BCUT2D eigenvalue weighted by molar-refractivity contribution is -0.135. The summed E-state index contributed by atoms with van der Waals surface area (Å²) < 4.78 is 12.5. The molecule has 3 nitrogen and oxygen atoms in total. The first-order valence-corrected chi connectivity index (χ1v) is 7.89. The molecule has 0 N–H and O–H groups in total. The third-order valence-corrected chi connectivity index (χ3v) is 3.81. The molecule has 3 heteroatoms. The van der Waals surface area contributed by atoms with Crippen LogP contribution in [0.4, 0.5) is 0 Å². The van der Waals surface area contributed by atoms with Gasteiger partial charge in [-0.05, 0) is 6.42 Å². The molecule has 0 aliphatic carbocycles. The lowest BCUT2D eigenvalue weighted by atomic mass is 9.97. The van der Waals surface area contributed by atoms with E-state index in [4.69, 9.17) is 9.47 Å². The van der Waals surface area contributed by atoms with Gasteiger partial charge in [0, 0.05) is 23.9 Å². The summed E-state index contributed by atoms with van der Waals surface area (Å²) >= 11 is 0. The molecule has 3 rings (SSSR count). The molecule has 2 aromatic rings. The lowest BCUT2D eigenvalue weighted by Gasteiger charge is -2.28. The fraction of sp³-hybridized carbons (Fsp3) is 0.250. The van der Waals surface area contributed by atoms with E-state index in [0.717, 1.165) is 24.1 Å². The van der Waals surface area contributed by atoms with Crippen LogP contribution in [0.1, 0.15) is 17.5 Å². The largest absolute Gasteiger partial charge is 0.339 e. The van der Waals surface area contributed by atoms with E-state index in [1.807, 2.05) is 73.0 Å². The maximum absolute atomic E-state index is 6.30. The molecule has 0 spiro atoms. The summed E-state index contributed by atoms with van der Waals surface area (Å²) in [5, 5.41) is 0. The van der Waals surface area contributed by atoms with Crippen LogP contribution in [0.2, 0.25) is 0 Å². The molecule has 1 aliphatic heterocycles. The first-order chi connectivity index (χ1) is 11.3. The van der Waals surface area contributed by atoms with Gasteiger partial charge in [0.1, 0.15) is 6.10 Å². The first kappa shape index (κ1) is 15.7. The van der Waals surface area contributed by atoms with Crippen LogP contribution in [0.3, 0.4) is 0 Å². The van der Waals surface area contributed by atoms with Gasteiger partial charge in [0.2, 0.25) is 5.79 Å². The molecule has 118 valence electrons. The number of hydrogen-bond acceptors (Lipinski definition) is 3. The van der Waals surface area contributed by atoms with Gasteiger partial charge in [-0.15, -0.1) is 6.58 Å². The first-order valence-electron chi connectivity index (χ1n) is 7.89. The average Bonchev–Trinajstić information content (AvgIpc) is 3.06. The Morgan fingerprint density at radius 2 is 1.65 bits per heavy atom. The van der Waals surface area contributed by atoms with Gasteiger partial charge < -0.3 is 9.47 Å². The Hall–Kier alpha value is -2.23. The number of rotatable bonds is 6. The van der Waals surface area contributed by atoms with E-state index in [1.54, 1.807) is 0 Å². The number of nitrogens with zero attached hydrogens (tertiary/aromatic N) is 1. The van der Waals surface area contributed by atoms with Crippen molar-refractivity contribution in [2.75, 3.05) is 13.2 Å². The topological polar surface area (TPSA) is 30.8 Å². The molecule has 1 fully saturated rings. The van der Waals surface area contributed by atoms with Crippen LogP contribution in [0.15, 0.2) is 78.3 Å². The fourth-order valence-electron chi connectivity index (χ4n) is 2.70. The van der Waals surface area contributed by atoms with Crippen molar-refractivity contribution in [2.24, 2.45) is 4.99 Å². The van der Waals surface area contributed by atoms with Gasteiger partial charge >= 0.3 is 0 Å². The van der Waals surface area contributed by atoms with Gasteiger partial charge in [0.05, 0.1) is 6.61 Å². The second-order valence-corrected chi connectivity index (χ2v) is 5.45. The Morgan fingerprint density at radius 3 is 2.22 bits per heavy atom. The SMILES string of the molecule is C=CCCN=C[C@H]1COC(c2ccccc2)(c2ccccc2)O1. The van der Waals surface area contributed by atoms with E-state index in [9.17, 15) is 0 Å². The number of benzene rings is 2. The maximum atomic E-state index is 6.30. The Labute approximate surface area is 137 Å². The highest BCUT2D eigenvalue weighted by Gasteiger charge is 2.44. The predicted molar refractivity (Wildman–Crippen MR) is 92.7 cm³/mol. The predicted octanol–water partition coefficient (Wildman–Crippen LogP) is 3.95. The monoisotopic (exact) mass is 307 g/mol. The number of aliphatic imine (C=N–C) groups is 1. The summed E-state index contributed by atoms with van der Waals surface area (Å²) in [5.74, 6) is -0.863. The Balaban J connectivity index is 1.87. The van der Waals surface area contributed by atoms with Gasteiger partial charge in [-0.1, -0.05) is 66.7 Å². The third kappa shape index (κ3) is 3.41. The van der Waals surface area contributed by atoms with Gasteiger partial charge in [0.15, 0.2) is 0 Å². The molecule has 2 aromatic carbocycles. The molecule has 1 saturated heterocycles. The van der Waals surface area contributed by atoms with E-state index < -0.39 is 5.79 Å². The van der Waals surface area contributed by atoms with Crippen molar-refractivity contribution in [3.63, 3.8) is 0 Å². The van der Waals surface area contributed by atoms with Gasteiger partial charge in [-0.3, -0.25) is 4.99 Å². The second kappa shape index (κ2) is 7.36. The average molecular weight is 307 g/mol. The Kier molecular flexibility index (Phi) is 5.01. The summed E-state index contributed by atoms with van der Waals surface area (Å²) in [7, 11) is 0. The fourth-order valence-corrected chi connectivity index (χ4v) is 2.70. The van der Waals surface area contributed by atoms with Crippen LogP contribution in [0.25, 0.3) is 0 Å². The van der Waals surface area contributed by atoms with Crippen LogP contribution >= 0.6 is 0 Å². The molecular formula is C20H21NO2. The Bertz CT molecular complexity index is 612. The zero-order valence-electron chi connectivity index (χ0n) is 13.1. The summed E-state index contributed by atoms with van der Waals surface area (Å²) in [5.41, 5.74) is 1.99. The zero-order valence-corrected chi connectivity index (χ0v) is 13.1. The molecule has 1 atom stereocenters. The molecule has 1 heterocycles. The van der Waals surface area contributed by atoms with Gasteiger partial charge in [0.25, 0.3) is 0 Å². The van der Waals surface area contributed by atoms with E-state index >= 15 is 0 Å². The smallest absolute Gasteiger partial charge is 0.223 e. The summed E-state index contributed by atoms with van der Waals surface area (Å²) in [6.07, 6.45) is 4.42. The molecule has 0 saturated carbocycles. The second-order valence-electron chi connectivity index (χ2n) is 5.45.